The summed E-state index contributed by atoms with van der Waals surface area (Å²) in [6, 6.07) is 23.2. The summed E-state index contributed by atoms with van der Waals surface area (Å²) in [6.07, 6.45) is 1.86. The second-order valence-electron chi connectivity index (χ2n) is 10.8. The van der Waals surface area contributed by atoms with E-state index in [-0.39, 0.29) is 16.4 Å². The molecule has 2 unspecified atom stereocenters. The number of hydrogen-bond acceptors (Lipinski definition) is 6. The van der Waals surface area contributed by atoms with Crippen molar-refractivity contribution in [1.29, 1.82) is 0 Å². The third kappa shape index (κ3) is 5.79. The molecule has 11 heteroatoms. The molecule has 0 bridgehead atoms. The van der Waals surface area contributed by atoms with Gasteiger partial charge in [-0.25, -0.2) is 22.2 Å². The predicted octanol–water partition coefficient (Wildman–Crippen LogP) is 6.16. The number of aromatic nitrogens is 2. The smallest absolute Gasteiger partial charge is 0.404 e. The highest BCUT2D eigenvalue weighted by molar-refractivity contribution is 7.90. The Bertz CT molecular complexity index is 1840. The zero-order chi connectivity index (χ0) is 30.1. The SMILES string of the molecule is CC(C)(C)C(NC(=O)O)C(NC(=O)c1ccc(-c2ccnc3c2ccn3S(=O)(=O)c2ccccc2)s1)c1ccccc1. The first-order valence-electron chi connectivity index (χ1n) is 13.2. The van der Waals surface area contributed by atoms with E-state index in [4.69, 9.17) is 0 Å². The second kappa shape index (κ2) is 11.4. The zero-order valence-corrected chi connectivity index (χ0v) is 24.8. The number of hydrogen-bond donors (Lipinski definition) is 3. The maximum Gasteiger partial charge on any atom is 0.404 e. The van der Waals surface area contributed by atoms with E-state index in [2.05, 4.69) is 15.6 Å². The quantitative estimate of drug-likeness (QED) is 0.195. The summed E-state index contributed by atoms with van der Waals surface area (Å²) < 4.78 is 27.7. The van der Waals surface area contributed by atoms with Crippen molar-refractivity contribution in [1.82, 2.24) is 19.6 Å². The fourth-order valence-corrected chi connectivity index (χ4v) is 7.17. The molecule has 9 nitrogen and oxygen atoms in total. The Labute approximate surface area is 247 Å². The Morgan fingerprint density at radius 2 is 1.57 bits per heavy atom. The van der Waals surface area contributed by atoms with Gasteiger partial charge in [0.2, 0.25) is 0 Å². The van der Waals surface area contributed by atoms with E-state index in [1.165, 1.54) is 29.7 Å². The Kier molecular flexibility index (Phi) is 7.89. The van der Waals surface area contributed by atoms with E-state index in [0.29, 0.717) is 10.3 Å². The standard InChI is InChI=1S/C31H30N4O5S2/c1-31(2,3)27(34-30(37)38)26(20-10-6-4-7-11-20)33-29(36)25-15-14-24(41-25)22-16-18-32-28-23(22)17-19-35(28)42(39,40)21-12-8-5-9-13-21/h4-19,26-27,34H,1-3H3,(H,33,36)(H,37,38). The molecule has 0 fully saturated rings. The molecule has 0 spiro atoms. The maximum absolute atomic E-state index is 13.6. The van der Waals surface area contributed by atoms with Crippen LogP contribution in [-0.4, -0.2) is 40.5 Å². The summed E-state index contributed by atoms with van der Waals surface area (Å²) in [6.45, 7) is 5.74. The fourth-order valence-electron chi connectivity index (χ4n) is 4.90. The van der Waals surface area contributed by atoms with E-state index < -0.39 is 33.6 Å². The molecule has 0 radical (unpaired) electrons. The first-order valence-corrected chi connectivity index (χ1v) is 15.4. The average molecular weight is 603 g/mol. The van der Waals surface area contributed by atoms with Crippen LogP contribution in [0.3, 0.4) is 0 Å². The highest BCUT2D eigenvalue weighted by Gasteiger charge is 2.36. The number of nitrogens with one attached hydrogen (secondary N) is 2. The lowest BCUT2D eigenvalue weighted by Crippen LogP contribution is -2.52. The first-order chi connectivity index (χ1) is 20.0. The van der Waals surface area contributed by atoms with Crippen molar-refractivity contribution in [2.45, 2.75) is 37.8 Å². The number of nitrogens with zero attached hydrogens (tertiary/aromatic N) is 2. The first kappa shape index (κ1) is 29.0. The Hall–Kier alpha value is -4.48. The summed E-state index contributed by atoms with van der Waals surface area (Å²) in [7, 11) is -3.85. The summed E-state index contributed by atoms with van der Waals surface area (Å²) in [5, 5.41) is 15.8. The molecule has 0 saturated carbocycles. The number of fused-ring (bicyclic) bond motifs is 1. The third-order valence-corrected chi connectivity index (χ3v) is 9.74. The van der Waals surface area contributed by atoms with Gasteiger partial charge in [-0.2, -0.15) is 0 Å². The molecule has 3 N–H and O–H groups in total. The van der Waals surface area contributed by atoms with Crippen LogP contribution in [0.2, 0.25) is 0 Å². The van der Waals surface area contributed by atoms with E-state index in [1.54, 1.807) is 42.6 Å². The number of carbonyl (C=O) groups is 2. The minimum Gasteiger partial charge on any atom is -0.465 e. The van der Waals surface area contributed by atoms with Gasteiger partial charge < -0.3 is 15.7 Å². The molecule has 2 aromatic carbocycles. The molecule has 3 aromatic heterocycles. The van der Waals surface area contributed by atoms with Crippen LogP contribution < -0.4 is 10.6 Å². The van der Waals surface area contributed by atoms with Crippen molar-refractivity contribution in [3.05, 3.63) is 108 Å². The summed E-state index contributed by atoms with van der Waals surface area (Å²) >= 11 is 1.26. The number of amides is 2. The predicted molar refractivity (Wildman–Crippen MR) is 163 cm³/mol. The fraction of sp³-hybridized carbons (Fsp3) is 0.194. The Morgan fingerprint density at radius 3 is 2.21 bits per heavy atom. The second-order valence-corrected chi connectivity index (χ2v) is 13.7. The highest BCUT2D eigenvalue weighted by Crippen LogP contribution is 2.35. The Morgan fingerprint density at radius 1 is 0.905 bits per heavy atom. The molecule has 0 aliphatic rings. The molecule has 42 heavy (non-hydrogen) atoms. The minimum atomic E-state index is -3.85. The highest BCUT2D eigenvalue weighted by atomic mass is 32.2. The topological polar surface area (TPSA) is 130 Å². The van der Waals surface area contributed by atoms with Gasteiger partial charge in [0.1, 0.15) is 0 Å². The third-order valence-electron chi connectivity index (χ3n) is 6.94. The monoisotopic (exact) mass is 602 g/mol. The van der Waals surface area contributed by atoms with Gasteiger partial charge in [-0.3, -0.25) is 4.79 Å². The van der Waals surface area contributed by atoms with Crippen LogP contribution in [-0.2, 0) is 10.0 Å². The lowest BCUT2D eigenvalue weighted by atomic mass is 9.79. The number of thiophene rings is 1. The molecule has 0 saturated heterocycles. The summed E-state index contributed by atoms with van der Waals surface area (Å²) in [4.78, 5) is 31.0. The molecule has 2 amide bonds. The van der Waals surface area contributed by atoms with Crippen LogP contribution >= 0.6 is 11.3 Å². The van der Waals surface area contributed by atoms with Gasteiger partial charge in [0, 0.05) is 28.2 Å². The van der Waals surface area contributed by atoms with Gasteiger partial charge in [-0.05, 0) is 47.4 Å². The normalized spacial score (nSPS) is 13.4. The largest absolute Gasteiger partial charge is 0.465 e. The van der Waals surface area contributed by atoms with E-state index in [0.717, 1.165) is 20.0 Å². The van der Waals surface area contributed by atoms with Crippen LogP contribution in [0.25, 0.3) is 21.5 Å². The maximum atomic E-state index is 13.6. The van der Waals surface area contributed by atoms with E-state index >= 15 is 0 Å². The van der Waals surface area contributed by atoms with Crippen LogP contribution in [0, 0.1) is 5.41 Å². The van der Waals surface area contributed by atoms with E-state index in [1.807, 2.05) is 57.2 Å². The van der Waals surface area contributed by atoms with Gasteiger partial charge >= 0.3 is 6.09 Å². The van der Waals surface area contributed by atoms with Crippen LogP contribution in [0.15, 0.2) is 102 Å². The van der Waals surface area contributed by atoms with Gasteiger partial charge in [-0.15, -0.1) is 11.3 Å². The van der Waals surface area contributed by atoms with Crippen LogP contribution in [0.5, 0.6) is 0 Å². The van der Waals surface area contributed by atoms with Crippen molar-refractivity contribution in [3.63, 3.8) is 0 Å². The molecule has 216 valence electrons. The number of benzene rings is 2. The number of pyridine rings is 1. The molecule has 0 aliphatic heterocycles. The van der Waals surface area contributed by atoms with Crippen LogP contribution in [0.1, 0.15) is 42.0 Å². The van der Waals surface area contributed by atoms with Crippen molar-refractivity contribution < 1.29 is 23.1 Å². The van der Waals surface area contributed by atoms with Gasteiger partial charge in [-0.1, -0.05) is 69.3 Å². The van der Waals surface area contributed by atoms with Crippen molar-refractivity contribution >= 4 is 44.4 Å². The van der Waals surface area contributed by atoms with Gasteiger partial charge in [0.05, 0.1) is 21.9 Å². The number of rotatable bonds is 8. The van der Waals surface area contributed by atoms with Crippen molar-refractivity contribution in [3.8, 4) is 10.4 Å². The van der Waals surface area contributed by atoms with E-state index in [9.17, 15) is 23.1 Å². The Balaban J connectivity index is 1.47. The number of carboxylic acid groups (broad SMARTS) is 1. The van der Waals surface area contributed by atoms with Crippen LogP contribution in [0.4, 0.5) is 4.79 Å². The minimum absolute atomic E-state index is 0.156. The van der Waals surface area contributed by atoms with Crippen molar-refractivity contribution in [2.75, 3.05) is 0 Å². The number of carbonyl (C=O) groups excluding carboxylic acids is 1. The lowest BCUT2D eigenvalue weighted by Gasteiger charge is -2.37. The molecule has 2 atom stereocenters. The molecule has 3 heterocycles. The molecular formula is C31H30N4O5S2. The van der Waals surface area contributed by atoms with Gasteiger partial charge in [0.15, 0.2) is 5.65 Å². The van der Waals surface area contributed by atoms with Gasteiger partial charge in [0.25, 0.3) is 15.9 Å². The van der Waals surface area contributed by atoms with Crippen molar-refractivity contribution in [2.24, 2.45) is 5.41 Å². The molecule has 0 aliphatic carbocycles. The lowest BCUT2D eigenvalue weighted by molar-refractivity contribution is 0.0904. The molecule has 5 rings (SSSR count). The average Bonchev–Trinajstić information content (AvgIpc) is 3.63. The summed E-state index contributed by atoms with van der Waals surface area (Å²) in [5.74, 6) is -0.351. The summed E-state index contributed by atoms with van der Waals surface area (Å²) in [5.41, 5.74) is 1.29. The molecular weight excluding hydrogens is 572 g/mol. The zero-order valence-electron chi connectivity index (χ0n) is 23.2. The molecule has 5 aromatic rings.